The largest absolute Gasteiger partial charge is 0.342 e. The Bertz CT molecular complexity index is 790. The number of benzene rings is 1. The third-order valence-corrected chi connectivity index (χ3v) is 5.21. The van der Waals surface area contributed by atoms with Gasteiger partial charge in [-0.05, 0) is 42.3 Å². The van der Waals surface area contributed by atoms with E-state index >= 15 is 0 Å². The van der Waals surface area contributed by atoms with Crippen LogP contribution in [-0.4, -0.2) is 37.8 Å². The predicted octanol–water partition coefficient (Wildman–Crippen LogP) is 2.43. The Balaban J connectivity index is 2.04. The maximum absolute atomic E-state index is 12.3. The number of sulfonamides is 1. The third kappa shape index (κ3) is 5.37. The highest BCUT2D eigenvalue weighted by molar-refractivity contribution is 7.89. The Morgan fingerprint density at radius 1 is 1.20 bits per heavy atom. The SMILES string of the molecule is CCCCN(C)C(=O)c1ccc(S(=O)(=O)NCc2cccnc2)cc1. The van der Waals surface area contributed by atoms with Crippen LogP contribution in [0.2, 0.25) is 0 Å². The number of rotatable bonds is 8. The number of carbonyl (C=O) groups excluding carboxylic acids is 1. The van der Waals surface area contributed by atoms with Crippen molar-refractivity contribution in [2.45, 2.75) is 31.2 Å². The summed E-state index contributed by atoms with van der Waals surface area (Å²) in [5.41, 5.74) is 1.25. The quantitative estimate of drug-likeness (QED) is 0.783. The molecule has 0 bridgehead atoms. The summed E-state index contributed by atoms with van der Waals surface area (Å²) in [6.45, 7) is 2.91. The molecule has 134 valence electrons. The molecule has 0 radical (unpaired) electrons. The predicted molar refractivity (Wildman–Crippen MR) is 96.6 cm³/mol. The Labute approximate surface area is 148 Å². The van der Waals surface area contributed by atoms with Crippen LogP contribution in [0.15, 0.2) is 53.7 Å². The van der Waals surface area contributed by atoms with E-state index in [0.717, 1.165) is 18.4 Å². The van der Waals surface area contributed by atoms with Crippen LogP contribution in [0.25, 0.3) is 0 Å². The van der Waals surface area contributed by atoms with Gasteiger partial charge in [0.05, 0.1) is 4.90 Å². The molecule has 2 aromatic rings. The van der Waals surface area contributed by atoms with Crippen molar-refractivity contribution < 1.29 is 13.2 Å². The summed E-state index contributed by atoms with van der Waals surface area (Å²) in [6.07, 6.45) is 5.19. The van der Waals surface area contributed by atoms with E-state index in [1.807, 2.05) is 0 Å². The van der Waals surface area contributed by atoms with E-state index in [4.69, 9.17) is 0 Å². The molecule has 0 saturated carbocycles. The Kier molecular flexibility index (Phi) is 6.66. The molecular weight excluding hydrogens is 338 g/mol. The summed E-state index contributed by atoms with van der Waals surface area (Å²) in [5.74, 6) is -0.110. The van der Waals surface area contributed by atoms with Crippen LogP contribution in [0.4, 0.5) is 0 Å². The summed E-state index contributed by atoms with van der Waals surface area (Å²) in [6, 6.07) is 9.54. The van der Waals surface area contributed by atoms with Crippen LogP contribution in [0, 0.1) is 0 Å². The Hall–Kier alpha value is -2.25. The van der Waals surface area contributed by atoms with Crippen LogP contribution < -0.4 is 4.72 Å². The molecule has 0 aliphatic heterocycles. The molecule has 1 N–H and O–H groups in total. The van der Waals surface area contributed by atoms with Gasteiger partial charge < -0.3 is 4.90 Å². The second-order valence-electron chi connectivity index (χ2n) is 5.79. The second kappa shape index (κ2) is 8.73. The Morgan fingerprint density at radius 2 is 1.92 bits per heavy atom. The summed E-state index contributed by atoms with van der Waals surface area (Å²) in [4.78, 5) is 18.0. The number of nitrogens with one attached hydrogen (secondary N) is 1. The van der Waals surface area contributed by atoms with Crippen LogP contribution in [0.3, 0.4) is 0 Å². The van der Waals surface area contributed by atoms with Gasteiger partial charge in [-0.3, -0.25) is 9.78 Å². The van der Waals surface area contributed by atoms with Gasteiger partial charge in [-0.1, -0.05) is 19.4 Å². The molecule has 0 spiro atoms. The molecule has 1 aromatic carbocycles. The lowest BCUT2D eigenvalue weighted by Crippen LogP contribution is -2.28. The van der Waals surface area contributed by atoms with Gasteiger partial charge in [-0.2, -0.15) is 0 Å². The van der Waals surface area contributed by atoms with Crippen LogP contribution in [-0.2, 0) is 16.6 Å². The highest BCUT2D eigenvalue weighted by atomic mass is 32.2. The van der Waals surface area contributed by atoms with E-state index in [-0.39, 0.29) is 17.3 Å². The molecule has 6 nitrogen and oxygen atoms in total. The maximum Gasteiger partial charge on any atom is 0.253 e. The topological polar surface area (TPSA) is 79.4 Å². The monoisotopic (exact) mass is 361 g/mol. The fourth-order valence-corrected chi connectivity index (χ4v) is 3.28. The molecule has 0 saturated heterocycles. The normalized spacial score (nSPS) is 11.3. The molecule has 0 aliphatic carbocycles. The van der Waals surface area contributed by atoms with Crippen molar-refractivity contribution in [3.63, 3.8) is 0 Å². The zero-order valence-electron chi connectivity index (χ0n) is 14.5. The van der Waals surface area contributed by atoms with Gasteiger partial charge >= 0.3 is 0 Å². The number of aromatic nitrogens is 1. The van der Waals surface area contributed by atoms with Gasteiger partial charge in [0.25, 0.3) is 5.91 Å². The van der Waals surface area contributed by atoms with E-state index in [9.17, 15) is 13.2 Å². The summed E-state index contributed by atoms with van der Waals surface area (Å²) in [7, 11) is -1.89. The van der Waals surface area contributed by atoms with E-state index in [1.165, 1.54) is 12.1 Å². The summed E-state index contributed by atoms with van der Waals surface area (Å²) in [5, 5.41) is 0. The van der Waals surface area contributed by atoms with Gasteiger partial charge in [-0.25, -0.2) is 13.1 Å². The highest BCUT2D eigenvalue weighted by Gasteiger charge is 2.16. The van der Waals surface area contributed by atoms with E-state index in [1.54, 1.807) is 48.6 Å². The van der Waals surface area contributed by atoms with Crippen molar-refractivity contribution in [3.8, 4) is 0 Å². The molecule has 0 atom stereocenters. The lowest BCUT2D eigenvalue weighted by atomic mass is 10.2. The average Bonchev–Trinajstić information content (AvgIpc) is 2.65. The maximum atomic E-state index is 12.3. The molecule has 2 rings (SSSR count). The number of carbonyl (C=O) groups is 1. The summed E-state index contributed by atoms with van der Waals surface area (Å²) >= 11 is 0. The van der Waals surface area contributed by atoms with Crippen molar-refractivity contribution >= 4 is 15.9 Å². The van der Waals surface area contributed by atoms with Crippen molar-refractivity contribution in [1.82, 2.24) is 14.6 Å². The fourth-order valence-electron chi connectivity index (χ4n) is 2.26. The average molecular weight is 361 g/mol. The first kappa shape index (κ1) is 19.1. The number of pyridine rings is 1. The molecule has 7 heteroatoms. The van der Waals surface area contributed by atoms with Gasteiger partial charge in [0.1, 0.15) is 0 Å². The number of amides is 1. The Morgan fingerprint density at radius 3 is 2.52 bits per heavy atom. The minimum atomic E-state index is -3.64. The smallest absolute Gasteiger partial charge is 0.253 e. The first-order valence-electron chi connectivity index (χ1n) is 8.18. The second-order valence-corrected chi connectivity index (χ2v) is 7.56. The number of hydrogen-bond donors (Lipinski definition) is 1. The fraction of sp³-hybridized carbons (Fsp3) is 0.333. The lowest BCUT2D eigenvalue weighted by Gasteiger charge is -2.17. The number of unbranched alkanes of at least 4 members (excludes halogenated alkanes) is 1. The molecular formula is C18H23N3O3S. The van der Waals surface area contributed by atoms with Crippen LogP contribution in [0.5, 0.6) is 0 Å². The zero-order chi connectivity index (χ0) is 18.3. The molecule has 25 heavy (non-hydrogen) atoms. The summed E-state index contributed by atoms with van der Waals surface area (Å²) < 4.78 is 27.2. The van der Waals surface area contributed by atoms with Gasteiger partial charge in [-0.15, -0.1) is 0 Å². The molecule has 1 heterocycles. The number of nitrogens with zero attached hydrogens (tertiary/aromatic N) is 2. The van der Waals surface area contributed by atoms with Crippen LogP contribution >= 0.6 is 0 Å². The standard InChI is InChI=1S/C18H23N3O3S/c1-3-4-12-21(2)18(22)16-7-9-17(10-8-16)25(23,24)20-14-15-6-5-11-19-13-15/h5-11,13,20H,3-4,12,14H2,1-2H3. The molecule has 0 fully saturated rings. The van der Waals surface area contributed by atoms with Crippen molar-refractivity contribution in [1.29, 1.82) is 0 Å². The number of hydrogen-bond acceptors (Lipinski definition) is 4. The van der Waals surface area contributed by atoms with Crippen LogP contribution in [0.1, 0.15) is 35.7 Å². The van der Waals surface area contributed by atoms with Crippen molar-refractivity contribution in [2.75, 3.05) is 13.6 Å². The van der Waals surface area contributed by atoms with Crippen molar-refractivity contribution in [3.05, 3.63) is 59.9 Å². The van der Waals surface area contributed by atoms with Gasteiger partial charge in [0.2, 0.25) is 10.0 Å². The molecule has 1 amide bonds. The first-order valence-corrected chi connectivity index (χ1v) is 9.66. The zero-order valence-corrected chi connectivity index (χ0v) is 15.3. The third-order valence-electron chi connectivity index (χ3n) is 3.79. The van der Waals surface area contributed by atoms with Gasteiger partial charge in [0, 0.05) is 38.1 Å². The van der Waals surface area contributed by atoms with Gasteiger partial charge in [0.15, 0.2) is 0 Å². The minimum Gasteiger partial charge on any atom is -0.342 e. The van der Waals surface area contributed by atoms with E-state index in [2.05, 4.69) is 16.6 Å². The molecule has 0 unspecified atom stereocenters. The van der Waals surface area contributed by atoms with E-state index in [0.29, 0.717) is 12.1 Å². The highest BCUT2D eigenvalue weighted by Crippen LogP contribution is 2.13. The van der Waals surface area contributed by atoms with Crippen molar-refractivity contribution in [2.24, 2.45) is 0 Å². The molecule has 0 aliphatic rings. The lowest BCUT2D eigenvalue weighted by molar-refractivity contribution is 0.0793. The van der Waals surface area contributed by atoms with E-state index < -0.39 is 10.0 Å². The first-order chi connectivity index (χ1) is 11.9. The minimum absolute atomic E-state index is 0.110. The molecule has 1 aromatic heterocycles.